The molecule has 1 N–H and O–H groups in total. The van der Waals surface area contributed by atoms with Crippen molar-refractivity contribution < 1.29 is 9.84 Å². The minimum absolute atomic E-state index is 0.143. The maximum Gasteiger partial charge on any atom is 0.132 e. The van der Waals surface area contributed by atoms with Crippen molar-refractivity contribution in [3.63, 3.8) is 0 Å². The van der Waals surface area contributed by atoms with E-state index in [-0.39, 0.29) is 5.92 Å². The van der Waals surface area contributed by atoms with Gasteiger partial charge in [0.15, 0.2) is 0 Å². The minimum atomic E-state index is -0.652. The van der Waals surface area contributed by atoms with Crippen molar-refractivity contribution in [3.05, 3.63) is 17.6 Å². The van der Waals surface area contributed by atoms with Gasteiger partial charge in [0.25, 0.3) is 0 Å². The molecule has 0 amide bonds. The zero-order valence-corrected chi connectivity index (χ0v) is 13.9. The van der Waals surface area contributed by atoms with Crippen molar-refractivity contribution >= 4 is 5.82 Å². The monoisotopic (exact) mass is 305 g/mol. The lowest BCUT2D eigenvalue weighted by molar-refractivity contribution is -0.108. The molecule has 0 bridgehead atoms. The van der Waals surface area contributed by atoms with Crippen LogP contribution in [0.4, 0.5) is 5.82 Å². The average molecular weight is 305 g/mol. The van der Waals surface area contributed by atoms with Gasteiger partial charge in [-0.15, -0.1) is 0 Å². The molecule has 3 unspecified atom stereocenters. The Bertz CT molecular complexity index is 533. The van der Waals surface area contributed by atoms with Crippen LogP contribution in [0.3, 0.4) is 0 Å². The zero-order valence-electron chi connectivity index (χ0n) is 13.9. The molecule has 0 saturated carbocycles. The second kappa shape index (κ2) is 6.13. The van der Waals surface area contributed by atoms with Crippen LogP contribution in [-0.2, 0) is 11.2 Å². The molecule has 5 heteroatoms. The highest BCUT2D eigenvalue weighted by molar-refractivity contribution is 5.43. The van der Waals surface area contributed by atoms with E-state index in [1.54, 1.807) is 0 Å². The molecule has 2 saturated heterocycles. The number of hydrogen-bond donors (Lipinski definition) is 1. The van der Waals surface area contributed by atoms with E-state index in [4.69, 9.17) is 9.72 Å². The van der Waals surface area contributed by atoms with Crippen LogP contribution in [-0.4, -0.2) is 46.5 Å². The maximum absolute atomic E-state index is 10.8. The largest absolute Gasteiger partial charge is 0.390 e. The Morgan fingerprint density at radius 2 is 2.27 bits per heavy atom. The highest BCUT2D eigenvalue weighted by atomic mass is 16.5. The van der Waals surface area contributed by atoms with Crippen molar-refractivity contribution in [2.75, 3.05) is 24.7 Å². The van der Waals surface area contributed by atoms with Gasteiger partial charge in [0, 0.05) is 43.3 Å². The van der Waals surface area contributed by atoms with E-state index in [9.17, 15) is 5.11 Å². The lowest BCUT2D eigenvalue weighted by atomic mass is 9.79. The maximum atomic E-state index is 10.8. The summed E-state index contributed by atoms with van der Waals surface area (Å²) in [6.45, 7) is 8.35. The molecule has 22 heavy (non-hydrogen) atoms. The number of rotatable bonds is 3. The van der Waals surface area contributed by atoms with Gasteiger partial charge in [-0.05, 0) is 33.1 Å². The van der Waals surface area contributed by atoms with E-state index >= 15 is 0 Å². The summed E-state index contributed by atoms with van der Waals surface area (Å²) >= 11 is 0. The molecule has 1 aromatic heterocycles. The van der Waals surface area contributed by atoms with Crippen LogP contribution in [0.2, 0.25) is 0 Å². The molecular weight excluding hydrogens is 278 g/mol. The summed E-state index contributed by atoms with van der Waals surface area (Å²) in [5, 5.41) is 10.8. The van der Waals surface area contributed by atoms with Crippen LogP contribution in [0, 0.1) is 12.8 Å². The van der Waals surface area contributed by atoms with E-state index < -0.39 is 5.60 Å². The number of ether oxygens (including phenoxy) is 1. The molecule has 2 fully saturated rings. The van der Waals surface area contributed by atoms with Crippen LogP contribution in [0.1, 0.15) is 44.6 Å². The van der Waals surface area contributed by atoms with Gasteiger partial charge in [-0.2, -0.15) is 0 Å². The van der Waals surface area contributed by atoms with Gasteiger partial charge >= 0.3 is 0 Å². The molecule has 1 aromatic rings. The topological polar surface area (TPSA) is 58.5 Å². The molecule has 2 aliphatic heterocycles. The molecule has 0 aromatic carbocycles. The Balaban J connectivity index is 1.88. The first-order valence-corrected chi connectivity index (χ1v) is 8.42. The van der Waals surface area contributed by atoms with E-state index in [0.29, 0.717) is 25.7 Å². The van der Waals surface area contributed by atoms with Gasteiger partial charge in [-0.1, -0.05) is 6.92 Å². The van der Waals surface area contributed by atoms with Gasteiger partial charge in [-0.25, -0.2) is 9.97 Å². The predicted octanol–water partition coefficient (Wildman–Crippen LogP) is 2.10. The normalized spacial score (nSPS) is 32.5. The number of aromatic nitrogens is 2. The molecule has 3 atom stereocenters. The number of nitrogens with zero attached hydrogens (tertiary/aromatic N) is 3. The Labute approximate surface area is 132 Å². The number of aliphatic hydroxyl groups is 1. The number of hydrogen-bond acceptors (Lipinski definition) is 5. The lowest BCUT2D eigenvalue weighted by Crippen LogP contribution is -2.52. The number of anilines is 1. The second-order valence-corrected chi connectivity index (χ2v) is 6.83. The molecule has 0 spiro atoms. The molecule has 3 heterocycles. The van der Waals surface area contributed by atoms with Crippen molar-refractivity contribution in [1.29, 1.82) is 0 Å². The summed E-state index contributed by atoms with van der Waals surface area (Å²) in [6, 6.07) is 2.37. The molecule has 3 rings (SSSR count). The van der Waals surface area contributed by atoms with Crippen LogP contribution >= 0.6 is 0 Å². The summed E-state index contributed by atoms with van der Waals surface area (Å²) in [5.74, 6) is 2.05. The SMILES string of the molecule is CCc1nc(C)cc(N2CCCC2C2COCCC2(C)O)n1. The highest BCUT2D eigenvalue weighted by Gasteiger charge is 2.44. The summed E-state index contributed by atoms with van der Waals surface area (Å²) in [6.07, 6.45) is 3.79. The van der Waals surface area contributed by atoms with Crippen molar-refractivity contribution in [2.45, 2.75) is 58.1 Å². The van der Waals surface area contributed by atoms with E-state index in [0.717, 1.165) is 43.1 Å². The third-order valence-electron chi connectivity index (χ3n) is 5.11. The van der Waals surface area contributed by atoms with Gasteiger partial charge in [0.05, 0.1) is 12.2 Å². The fourth-order valence-electron chi connectivity index (χ4n) is 3.79. The van der Waals surface area contributed by atoms with Crippen LogP contribution < -0.4 is 4.90 Å². The zero-order chi connectivity index (χ0) is 15.7. The quantitative estimate of drug-likeness (QED) is 0.927. The predicted molar refractivity (Wildman–Crippen MR) is 86.1 cm³/mol. The summed E-state index contributed by atoms with van der Waals surface area (Å²) in [4.78, 5) is 11.6. The van der Waals surface area contributed by atoms with E-state index in [1.807, 2.05) is 13.8 Å². The van der Waals surface area contributed by atoms with Gasteiger partial charge < -0.3 is 14.7 Å². The molecule has 5 nitrogen and oxygen atoms in total. The molecule has 0 radical (unpaired) electrons. The van der Waals surface area contributed by atoms with Gasteiger partial charge in [0.2, 0.25) is 0 Å². The summed E-state index contributed by atoms with van der Waals surface area (Å²) in [5.41, 5.74) is 0.361. The fraction of sp³-hybridized carbons (Fsp3) is 0.765. The Morgan fingerprint density at radius 1 is 1.45 bits per heavy atom. The highest BCUT2D eigenvalue weighted by Crippen LogP contribution is 2.37. The first-order valence-electron chi connectivity index (χ1n) is 8.42. The molecule has 0 aliphatic carbocycles. The minimum Gasteiger partial charge on any atom is -0.390 e. The number of aryl methyl sites for hydroxylation is 2. The lowest BCUT2D eigenvalue weighted by Gasteiger charge is -2.43. The second-order valence-electron chi connectivity index (χ2n) is 6.83. The Kier molecular flexibility index (Phi) is 4.37. The van der Waals surface area contributed by atoms with Crippen LogP contribution in [0.5, 0.6) is 0 Å². The molecule has 122 valence electrons. The standard InChI is InChI=1S/C17H27N3O2/c1-4-15-18-12(2)10-16(19-15)20-8-5-6-14(20)13-11-22-9-7-17(13,3)21/h10,13-14,21H,4-9,11H2,1-3H3. The van der Waals surface area contributed by atoms with Crippen LogP contribution in [0.25, 0.3) is 0 Å². The third kappa shape index (κ3) is 2.97. The third-order valence-corrected chi connectivity index (χ3v) is 5.11. The van der Waals surface area contributed by atoms with E-state index in [2.05, 4.69) is 22.9 Å². The molecular formula is C17H27N3O2. The fourth-order valence-corrected chi connectivity index (χ4v) is 3.79. The Morgan fingerprint density at radius 3 is 3.00 bits per heavy atom. The Hall–Kier alpha value is -1.20. The van der Waals surface area contributed by atoms with Crippen molar-refractivity contribution in [1.82, 2.24) is 9.97 Å². The van der Waals surface area contributed by atoms with Crippen molar-refractivity contribution in [2.24, 2.45) is 5.92 Å². The van der Waals surface area contributed by atoms with Crippen LogP contribution in [0.15, 0.2) is 6.07 Å². The van der Waals surface area contributed by atoms with Gasteiger partial charge in [-0.3, -0.25) is 0 Å². The smallest absolute Gasteiger partial charge is 0.132 e. The van der Waals surface area contributed by atoms with Gasteiger partial charge in [0.1, 0.15) is 11.6 Å². The summed E-state index contributed by atoms with van der Waals surface area (Å²) in [7, 11) is 0. The molecule has 2 aliphatic rings. The summed E-state index contributed by atoms with van der Waals surface area (Å²) < 4.78 is 5.66. The first kappa shape index (κ1) is 15.7. The average Bonchev–Trinajstić information content (AvgIpc) is 2.95. The van der Waals surface area contributed by atoms with Crippen molar-refractivity contribution in [3.8, 4) is 0 Å². The first-order chi connectivity index (χ1) is 10.5. The van der Waals surface area contributed by atoms with E-state index in [1.165, 1.54) is 0 Å².